The summed E-state index contributed by atoms with van der Waals surface area (Å²) in [7, 11) is 0. The lowest BCUT2D eigenvalue weighted by atomic mass is 10.0. The molecule has 2 aliphatic heterocycles. The Kier molecular flexibility index (Phi) is 5.67. The van der Waals surface area contributed by atoms with E-state index in [0.717, 1.165) is 62.0 Å². The molecule has 0 bridgehead atoms. The number of aromatic nitrogens is 4. The highest BCUT2D eigenvalue weighted by Gasteiger charge is 2.17. The fraction of sp³-hybridized carbons (Fsp3) is 0.455. The highest BCUT2D eigenvalue weighted by atomic mass is 16.5. The van der Waals surface area contributed by atoms with E-state index in [4.69, 9.17) is 14.5 Å². The standard InChI is InChI=1S/C22H26N6O2/c1-2-16(13-23-5-1)15-30-22-21-19(24-6-7-25-21)12-18(27-22)17-3-4-20(26-14-17)28-8-10-29-11-9-28/h3-4,6-7,12,14,16,23H,1-2,5,8-11,13,15H2. The molecule has 1 atom stereocenters. The summed E-state index contributed by atoms with van der Waals surface area (Å²) in [5.41, 5.74) is 3.20. The highest BCUT2D eigenvalue weighted by molar-refractivity contribution is 5.83. The second kappa shape index (κ2) is 8.89. The van der Waals surface area contributed by atoms with Crippen LogP contribution in [-0.4, -0.2) is 65.9 Å². The van der Waals surface area contributed by atoms with E-state index in [2.05, 4.69) is 31.2 Å². The van der Waals surface area contributed by atoms with E-state index in [1.807, 2.05) is 18.3 Å². The zero-order chi connectivity index (χ0) is 20.2. The van der Waals surface area contributed by atoms with Gasteiger partial charge in [-0.2, -0.15) is 0 Å². The molecule has 2 fully saturated rings. The highest BCUT2D eigenvalue weighted by Crippen LogP contribution is 2.28. The van der Waals surface area contributed by atoms with E-state index in [0.29, 0.717) is 23.9 Å². The summed E-state index contributed by atoms with van der Waals surface area (Å²) in [6.45, 7) is 5.91. The molecule has 5 heterocycles. The maximum Gasteiger partial charge on any atom is 0.242 e. The number of piperidine rings is 1. The minimum Gasteiger partial charge on any atom is -0.476 e. The molecule has 0 spiro atoms. The Bertz CT molecular complexity index is 985. The number of morpholine rings is 1. The monoisotopic (exact) mass is 406 g/mol. The lowest BCUT2D eigenvalue weighted by molar-refractivity contribution is 0.122. The van der Waals surface area contributed by atoms with Crippen molar-refractivity contribution in [2.75, 3.05) is 50.9 Å². The number of ether oxygens (including phenoxy) is 2. The van der Waals surface area contributed by atoms with Gasteiger partial charge in [-0.15, -0.1) is 0 Å². The molecule has 30 heavy (non-hydrogen) atoms. The summed E-state index contributed by atoms with van der Waals surface area (Å²) in [6.07, 6.45) is 7.59. The van der Waals surface area contributed by atoms with Gasteiger partial charge in [-0.1, -0.05) is 0 Å². The molecule has 3 aromatic heterocycles. The van der Waals surface area contributed by atoms with Crippen molar-refractivity contribution in [1.29, 1.82) is 0 Å². The zero-order valence-electron chi connectivity index (χ0n) is 17.0. The first-order valence-electron chi connectivity index (χ1n) is 10.6. The van der Waals surface area contributed by atoms with Crippen molar-refractivity contribution in [1.82, 2.24) is 25.3 Å². The van der Waals surface area contributed by atoms with Crippen molar-refractivity contribution in [3.63, 3.8) is 0 Å². The van der Waals surface area contributed by atoms with Gasteiger partial charge in [-0.3, -0.25) is 4.98 Å². The van der Waals surface area contributed by atoms with Gasteiger partial charge in [0.25, 0.3) is 0 Å². The maximum absolute atomic E-state index is 6.14. The van der Waals surface area contributed by atoms with E-state index in [1.54, 1.807) is 12.4 Å². The molecule has 0 aromatic carbocycles. The normalized spacial score (nSPS) is 19.7. The van der Waals surface area contributed by atoms with Crippen molar-refractivity contribution < 1.29 is 9.47 Å². The zero-order valence-corrected chi connectivity index (χ0v) is 17.0. The van der Waals surface area contributed by atoms with Crippen LogP contribution in [0.15, 0.2) is 36.8 Å². The summed E-state index contributed by atoms with van der Waals surface area (Å²) < 4.78 is 11.6. The van der Waals surface area contributed by atoms with Gasteiger partial charge in [-0.05, 0) is 37.6 Å². The molecule has 0 saturated carbocycles. The fourth-order valence-corrected chi connectivity index (χ4v) is 3.97. The van der Waals surface area contributed by atoms with Crippen LogP contribution in [-0.2, 0) is 4.74 Å². The third-order valence-electron chi connectivity index (χ3n) is 5.66. The van der Waals surface area contributed by atoms with Crippen LogP contribution < -0.4 is 15.0 Å². The van der Waals surface area contributed by atoms with Crippen LogP contribution in [0.5, 0.6) is 5.88 Å². The first kappa shape index (κ1) is 19.1. The molecular weight excluding hydrogens is 380 g/mol. The second-order valence-electron chi connectivity index (χ2n) is 7.76. The summed E-state index contributed by atoms with van der Waals surface area (Å²) in [5, 5.41) is 3.43. The van der Waals surface area contributed by atoms with Gasteiger partial charge in [0.2, 0.25) is 5.88 Å². The molecular formula is C22H26N6O2. The fourth-order valence-electron chi connectivity index (χ4n) is 3.97. The molecule has 5 rings (SSSR count). The maximum atomic E-state index is 6.14. The van der Waals surface area contributed by atoms with E-state index >= 15 is 0 Å². The van der Waals surface area contributed by atoms with Crippen molar-refractivity contribution in [2.45, 2.75) is 12.8 Å². The van der Waals surface area contributed by atoms with E-state index < -0.39 is 0 Å². The van der Waals surface area contributed by atoms with Gasteiger partial charge in [0.05, 0.1) is 31.0 Å². The van der Waals surface area contributed by atoms with Gasteiger partial charge in [0.15, 0.2) is 5.52 Å². The Morgan fingerprint density at radius 2 is 2.03 bits per heavy atom. The van der Waals surface area contributed by atoms with E-state index in [1.165, 1.54) is 12.8 Å². The minimum atomic E-state index is 0.491. The van der Waals surface area contributed by atoms with Gasteiger partial charge in [-0.25, -0.2) is 15.0 Å². The van der Waals surface area contributed by atoms with Crippen LogP contribution in [0, 0.1) is 5.92 Å². The van der Waals surface area contributed by atoms with Gasteiger partial charge in [0.1, 0.15) is 5.82 Å². The molecule has 0 amide bonds. The molecule has 1 unspecified atom stereocenters. The van der Waals surface area contributed by atoms with Crippen molar-refractivity contribution in [2.24, 2.45) is 5.92 Å². The van der Waals surface area contributed by atoms with Crippen LogP contribution in [0.2, 0.25) is 0 Å². The number of fused-ring (bicyclic) bond motifs is 1. The van der Waals surface area contributed by atoms with Crippen LogP contribution in [0.3, 0.4) is 0 Å². The number of rotatable bonds is 5. The third kappa shape index (κ3) is 4.20. The Balaban J connectivity index is 1.41. The third-order valence-corrected chi connectivity index (χ3v) is 5.66. The Morgan fingerprint density at radius 3 is 2.83 bits per heavy atom. The molecule has 2 saturated heterocycles. The number of nitrogens with one attached hydrogen (secondary N) is 1. The molecule has 0 aliphatic carbocycles. The summed E-state index contributed by atoms with van der Waals surface area (Å²) in [5.74, 6) is 1.99. The molecule has 1 N–H and O–H groups in total. The summed E-state index contributed by atoms with van der Waals surface area (Å²) in [4.78, 5) is 20.6. The van der Waals surface area contributed by atoms with Gasteiger partial charge >= 0.3 is 0 Å². The lowest BCUT2D eigenvalue weighted by Gasteiger charge is -2.27. The molecule has 8 heteroatoms. The van der Waals surface area contributed by atoms with Crippen LogP contribution in [0.1, 0.15) is 12.8 Å². The first-order valence-corrected chi connectivity index (χ1v) is 10.6. The Labute approximate surface area is 175 Å². The molecule has 0 radical (unpaired) electrons. The minimum absolute atomic E-state index is 0.491. The van der Waals surface area contributed by atoms with Gasteiger partial charge in [0, 0.05) is 49.7 Å². The quantitative estimate of drug-likeness (QED) is 0.691. The van der Waals surface area contributed by atoms with Crippen LogP contribution >= 0.6 is 0 Å². The second-order valence-corrected chi connectivity index (χ2v) is 7.76. The number of pyridine rings is 2. The number of nitrogens with zero attached hydrogens (tertiary/aromatic N) is 5. The largest absolute Gasteiger partial charge is 0.476 e. The Morgan fingerprint density at radius 1 is 1.13 bits per heavy atom. The number of anilines is 1. The van der Waals surface area contributed by atoms with Gasteiger partial charge < -0.3 is 19.7 Å². The Hall–Kier alpha value is -2.84. The molecule has 156 valence electrons. The molecule has 3 aromatic rings. The summed E-state index contributed by atoms with van der Waals surface area (Å²) >= 11 is 0. The smallest absolute Gasteiger partial charge is 0.242 e. The predicted molar refractivity (Wildman–Crippen MR) is 115 cm³/mol. The predicted octanol–water partition coefficient (Wildman–Crippen LogP) is 2.30. The molecule has 8 nitrogen and oxygen atoms in total. The first-order chi connectivity index (χ1) is 14.9. The van der Waals surface area contributed by atoms with E-state index in [9.17, 15) is 0 Å². The summed E-state index contributed by atoms with van der Waals surface area (Å²) in [6, 6.07) is 6.04. The number of hydrogen-bond donors (Lipinski definition) is 1. The van der Waals surface area contributed by atoms with Crippen molar-refractivity contribution in [3.05, 3.63) is 36.8 Å². The number of hydrogen-bond acceptors (Lipinski definition) is 8. The topological polar surface area (TPSA) is 85.3 Å². The van der Waals surface area contributed by atoms with Crippen molar-refractivity contribution >= 4 is 16.9 Å². The average Bonchev–Trinajstić information content (AvgIpc) is 2.84. The van der Waals surface area contributed by atoms with Crippen LogP contribution in [0.4, 0.5) is 5.82 Å². The average molecular weight is 406 g/mol. The van der Waals surface area contributed by atoms with Crippen LogP contribution in [0.25, 0.3) is 22.3 Å². The van der Waals surface area contributed by atoms with E-state index in [-0.39, 0.29) is 0 Å². The van der Waals surface area contributed by atoms with Crippen molar-refractivity contribution in [3.8, 4) is 17.1 Å². The SMILES string of the molecule is c1cnc2c(OCC3CCCNC3)nc(-c3ccc(N4CCOCC4)nc3)cc2n1. The lowest BCUT2D eigenvalue weighted by Crippen LogP contribution is -2.36. The molecule has 2 aliphatic rings.